The van der Waals surface area contributed by atoms with Crippen LogP contribution in [0.4, 0.5) is 0 Å². The molecule has 0 unspecified atom stereocenters. The summed E-state index contributed by atoms with van der Waals surface area (Å²) in [7, 11) is 0. The van der Waals surface area contributed by atoms with Crippen LogP contribution in [0.5, 0.6) is 0 Å². The van der Waals surface area contributed by atoms with Crippen molar-refractivity contribution >= 4 is 11.3 Å². The molecule has 0 saturated heterocycles. The van der Waals surface area contributed by atoms with Crippen LogP contribution in [0.3, 0.4) is 0 Å². The van der Waals surface area contributed by atoms with E-state index in [-0.39, 0.29) is 0 Å². The lowest BCUT2D eigenvalue weighted by Crippen LogP contribution is -1.92. The van der Waals surface area contributed by atoms with Crippen LogP contribution in [0.2, 0.25) is 0 Å². The third-order valence-electron chi connectivity index (χ3n) is 1.97. The maximum Gasteiger partial charge on any atom is 0.124 e. The summed E-state index contributed by atoms with van der Waals surface area (Å²) < 4.78 is 0. The Morgan fingerprint density at radius 1 is 1.58 bits per heavy atom. The fourth-order valence-electron chi connectivity index (χ4n) is 1.17. The Balaban J connectivity index is 2.81. The van der Waals surface area contributed by atoms with E-state index in [1.807, 2.05) is 0 Å². The Morgan fingerprint density at radius 3 is 2.67 bits per heavy atom. The highest BCUT2D eigenvalue weighted by atomic mass is 32.1. The Morgan fingerprint density at radius 2 is 2.25 bits per heavy atom. The summed E-state index contributed by atoms with van der Waals surface area (Å²) in [6, 6.07) is 2.11. The zero-order valence-electron chi connectivity index (χ0n) is 7.37. The zero-order chi connectivity index (χ0) is 8.97. The average Bonchev–Trinajstić information content (AvgIpc) is 2.55. The van der Waals surface area contributed by atoms with Gasteiger partial charge in [0.25, 0.3) is 0 Å². The van der Waals surface area contributed by atoms with Gasteiger partial charge in [-0.2, -0.15) is 5.26 Å². The van der Waals surface area contributed by atoms with Crippen molar-refractivity contribution in [2.24, 2.45) is 0 Å². The van der Waals surface area contributed by atoms with Crippen LogP contribution < -0.4 is 0 Å². The molecular weight excluding hydrogens is 168 g/mol. The second-order valence-electron chi connectivity index (χ2n) is 2.69. The number of nitriles is 1. The molecule has 0 saturated carbocycles. The molecule has 0 atom stereocenters. The van der Waals surface area contributed by atoms with Crippen LogP contribution >= 0.6 is 11.3 Å². The van der Waals surface area contributed by atoms with Crippen LogP contribution in [-0.4, -0.2) is 4.98 Å². The molecule has 0 bridgehead atoms. The van der Waals surface area contributed by atoms with E-state index in [0.29, 0.717) is 5.92 Å². The maximum atomic E-state index is 8.60. The second-order valence-corrected chi connectivity index (χ2v) is 3.75. The Bertz CT molecular complexity index is 281. The highest BCUT2D eigenvalue weighted by Gasteiger charge is 2.10. The van der Waals surface area contributed by atoms with Gasteiger partial charge in [0.15, 0.2) is 0 Å². The summed E-state index contributed by atoms with van der Waals surface area (Å²) in [5.41, 5.74) is 0. The van der Waals surface area contributed by atoms with E-state index >= 15 is 0 Å². The number of hydrogen-bond donors (Lipinski definition) is 0. The maximum absolute atomic E-state index is 8.60. The third kappa shape index (κ3) is 1.83. The highest BCUT2D eigenvalue weighted by Crippen LogP contribution is 2.26. The van der Waals surface area contributed by atoms with E-state index < -0.39 is 0 Å². The van der Waals surface area contributed by atoms with Crippen molar-refractivity contribution in [3.63, 3.8) is 0 Å². The summed E-state index contributed by atoms with van der Waals surface area (Å²) >= 11 is 1.52. The molecular formula is C9H12N2S. The fraction of sp³-hybridized carbons (Fsp3) is 0.556. The van der Waals surface area contributed by atoms with Crippen molar-refractivity contribution in [3.8, 4) is 6.07 Å². The van der Waals surface area contributed by atoms with Gasteiger partial charge in [0, 0.05) is 5.92 Å². The predicted molar refractivity (Wildman–Crippen MR) is 50.2 cm³/mol. The van der Waals surface area contributed by atoms with Crippen molar-refractivity contribution < 1.29 is 0 Å². The summed E-state index contributed by atoms with van der Waals surface area (Å²) in [5.74, 6) is 0.539. The number of hydrogen-bond acceptors (Lipinski definition) is 3. The van der Waals surface area contributed by atoms with Gasteiger partial charge in [-0.1, -0.05) is 13.8 Å². The summed E-state index contributed by atoms with van der Waals surface area (Å²) in [5, 5.41) is 9.71. The average molecular weight is 180 g/mol. The van der Waals surface area contributed by atoms with Crippen molar-refractivity contribution in [2.75, 3.05) is 0 Å². The quantitative estimate of drug-likeness (QED) is 0.717. The Labute approximate surface area is 76.9 Å². The first-order valence-corrected chi connectivity index (χ1v) is 4.99. The summed E-state index contributed by atoms with van der Waals surface area (Å²) in [6.45, 7) is 4.31. The number of thiazole rings is 1. The smallest absolute Gasteiger partial charge is 0.124 e. The van der Waals surface area contributed by atoms with E-state index in [4.69, 9.17) is 5.26 Å². The van der Waals surface area contributed by atoms with Gasteiger partial charge in [-0.05, 0) is 12.8 Å². The molecule has 64 valence electrons. The molecule has 2 nitrogen and oxygen atoms in total. The SMILES string of the molecule is CCC(CC)c1ncc(C#N)s1. The van der Waals surface area contributed by atoms with Gasteiger partial charge in [0.05, 0.1) is 11.2 Å². The Kier molecular flexibility index (Phi) is 3.24. The molecule has 0 aliphatic carbocycles. The van der Waals surface area contributed by atoms with Crippen LogP contribution in [-0.2, 0) is 0 Å². The minimum absolute atomic E-state index is 0.539. The van der Waals surface area contributed by atoms with Crippen LogP contribution in [0.25, 0.3) is 0 Å². The molecule has 0 amide bonds. The van der Waals surface area contributed by atoms with Crippen LogP contribution in [0.15, 0.2) is 6.20 Å². The topological polar surface area (TPSA) is 36.7 Å². The molecule has 0 radical (unpaired) electrons. The number of aromatic nitrogens is 1. The van der Waals surface area contributed by atoms with Gasteiger partial charge in [0.2, 0.25) is 0 Å². The molecule has 0 spiro atoms. The number of nitrogens with zero attached hydrogens (tertiary/aromatic N) is 2. The minimum atomic E-state index is 0.539. The van der Waals surface area contributed by atoms with Crippen molar-refractivity contribution in [1.82, 2.24) is 4.98 Å². The van der Waals surface area contributed by atoms with E-state index in [2.05, 4.69) is 24.9 Å². The van der Waals surface area contributed by atoms with Gasteiger partial charge < -0.3 is 0 Å². The first kappa shape index (κ1) is 9.21. The van der Waals surface area contributed by atoms with E-state index in [9.17, 15) is 0 Å². The molecule has 0 aromatic carbocycles. The van der Waals surface area contributed by atoms with Crippen LogP contribution in [0, 0.1) is 11.3 Å². The second kappa shape index (κ2) is 4.22. The third-order valence-corrected chi connectivity index (χ3v) is 3.03. The molecule has 1 aromatic rings. The lowest BCUT2D eigenvalue weighted by Gasteiger charge is -2.06. The van der Waals surface area contributed by atoms with E-state index in [0.717, 1.165) is 22.7 Å². The zero-order valence-corrected chi connectivity index (χ0v) is 8.19. The Hall–Kier alpha value is -0.880. The number of rotatable bonds is 3. The molecule has 12 heavy (non-hydrogen) atoms. The largest absolute Gasteiger partial charge is 0.248 e. The van der Waals surface area contributed by atoms with Gasteiger partial charge in [-0.25, -0.2) is 4.98 Å². The molecule has 0 aliphatic rings. The molecule has 3 heteroatoms. The molecule has 0 N–H and O–H groups in total. The monoisotopic (exact) mass is 180 g/mol. The van der Waals surface area contributed by atoms with Crippen molar-refractivity contribution in [2.45, 2.75) is 32.6 Å². The summed E-state index contributed by atoms with van der Waals surface area (Å²) in [4.78, 5) is 4.94. The predicted octanol–water partition coefficient (Wildman–Crippen LogP) is 2.92. The van der Waals surface area contributed by atoms with Crippen LogP contribution in [0.1, 0.15) is 42.5 Å². The lowest BCUT2D eigenvalue weighted by molar-refractivity contribution is 0.637. The first-order valence-electron chi connectivity index (χ1n) is 4.17. The lowest BCUT2D eigenvalue weighted by atomic mass is 10.1. The first-order chi connectivity index (χ1) is 5.81. The van der Waals surface area contributed by atoms with Gasteiger partial charge in [-0.3, -0.25) is 0 Å². The van der Waals surface area contributed by atoms with E-state index in [1.54, 1.807) is 6.20 Å². The highest BCUT2D eigenvalue weighted by molar-refractivity contribution is 7.12. The van der Waals surface area contributed by atoms with Gasteiger partial charge in [-0.15, -0.1) is 11.3 Å². The molecule has 0 fully saturated rings. The van der Waals surface area contributed by atoms with E-state index in [1.165, 1.54) is 11.3 Å². The van der Waals surface area contributed by atoms with Crippen molar-refractivity contribution in [3.05, 3.63) is 16.1 Å². The summed E-state index contributed by atoms with van der Waals surface area (Å²) in [6.07, 6.45) is 3.88. The molecule has 1 rings (SSSR count). The minimum Gasteiger partial charge on any atom is -0.248 e. The van der Waals surface area contributed by atoms with Gasteiger partial charge in [0.1, 0.15) is 10.9 Å². The molecule has 0 aliphatic heterocycles. The molecule has 1 aromatic heterocycles. The van der Waals surface area contributed by atoms with Crippen molar-refractivity contribution in [1.29, 1.82) is 5.26 Å². The normalized spacial score (nSPS) is 10.2. The fourth-order valence-corrected chi connectivity index (χ4v) is 2.15. The standard InChI is InChI=1S/C9H12N2S/c1-3-7(4-2)9-11-6-8(5-10)12-9/h6-7H,3-4H2,1-2H3. The van der Waals surface area contributed by atoms with Gasteiger partial charge >= 0.3 is 0 Å². The molecule has 1 heterocycles.